The Morgan fingerprint density at radius 1 is 1.08 bits per heavy atom. The lowest BCUT2D eigenvalue weighted by Gasteiger charge is -2.08. The highest BCUT2D eigenvalue weighted by Crippen LogP contribution is 2.33. The molecule has 122 valence electrons. The van der Waals surface area contributed by atoms with Crippen molar-refractivity contribution in [3.05, 3.63) is 59.4 Å². The third kappa shape index (κ3) is 2.34. The Hall–Kier alpha value is -2.99. The molecule has 3 aromatic heterocycles. The molecule has 0 aliphatic heterocycles. The number of anilines is 2. The number of nitrogens with zero attached hydrogens (tertiary/aromatic N) is 2. The van der Waals surface area contributed by atoms with Gasteiger partial charge in [0.05, 0.1) is 16.7 Å². The van der Waals surface area contributed by atoms with Crippen LogP contribution in [0.25, 0.3) is 31.9 Å². The average molecular weight is 348 g/mol. The SMILES string of the molecule is Cc1cc2cc3nccc(Nc4n[nH]c5ccc(F)cc45)c3cc2s1. The van der Waals surface area contributed by atoms with E-state index in [4.69, 9.17) is 0 Å². The highest BCUT2D eigenvalue weighted by Gasteiger charge is 2.10. The monoisotopic (exact) mass is 348 g/mol. The Bertz CT molecular complexity index is 1250. The molecule has 0 saturated carbocycles. The van der Waals surface area contributed by atoms with E-state index in [2.05, 4.69) is 45.6 Å². The lowest BCUT2D eigenvalue weighted by atomic mass is 10.1. The second kappa shape index (κ2) is 5.26. The number of fused-ring (bicyclic) bond motifs is 3. The van der Waals surface area contributed by atoms with Gasteiger partial charge in [-0.25, -0.2) is 4.39 Å². The molecule has 0 radical (unpaired) electrons. The van der Waals surface area contributed by atoms with Crippen LogP contribution in [0.2, 0.25) is 0 Å². The van der Waals surface area contributed by atoms with Crippen molar-refractivity contribution in [3.8, 4) is 0 Å². The van der Waals surface area contributed by atoms with Gasteiger partial charge in [-0.15, -0.1) is 11.3 Å². The average Bonchev–Trinajstić information content (AvgIpc) is 3.15. The van der Waals surface area contributed by atoms with Crippen molar-refractivity contribution in [2.24, 2.45) is 0 Å². The van der Waals surface area contributed by atoms with Crippen LogP contribution in [0.15, 0.2) is 48.7 Å². The maximum Gasteiger partial charge on any atom is 0.160 e. The van der Waals surface area contributed by atoms with E-state index in [0.717, 1.165) is 27.5 Å². The van der Waals surface area contributed by atoms with Crippen LogP contribution in [0.1, 0.15) is 4.88 Å². The first-order valence-corrected chi connectivity index (χ1v) is 8.68. The van der Waals surface area contributed by atoms with Gasteiger partial charge in [0.2, 0.25) is 0 Å². The molecule has 0 fully saturated rings. The van der Waals surface area contributed by atoms with Gasteiger partial charge in [-0.05, 0) is 54.8 Å². The maximum absolute atomic E-state index is 13.6. The van der Waals surface area contributed by atoms with E-state index in [1.165, 1.54) is 27.1 Å². The van der Waals surface area contributed by atoms with Crippen molar-refractivity contribution in [2.45, 2.75) is 6.92 Å². The first kappa shape index (κ1) is 14.4. The van der Waals surface area contributed by atoms with E-state index in [1.54, 1.807) is 23.6 Å². The van der Waals surface area contributed by atoms with E-state index in [0.29, 0.717) is 5.82 Å². The molecule has 5 rings (SSSR count). The fourth-order valence-electron chi connectivity index (χ4n) is 3.13. The largest absolute Gasteiger partial charge is 0.338 e. The standard InChI is InChI=1S/C19H13FN4S/c1-10-6-11-7-17-13(9-18(11)25-10)15(4-5-21-17)22-19-14-8-12(20)2-3-16(14)23-24-19/h2-9H,1H3,(H2,21,22,23,24). The van der Waals surface area contributed by atoms with Gasteiger partial charge >= 0.3 is 0 Å². The number of halogens is 1. The Morgan fingerprint density at radius 2 is 2.00 bits per heavy atom. The van der Waals surface area contributed by atoms with Gasteiger partial charge in [0.15, 0.2) is 5.82 Å². The molecule has 0 amide bonds. The molecule has 0 unspecified atom stereocenters. The molecule has 0 aliphatic carbocycles. The summed E-state index contributed by atoms with van der Waals surface area (Å²) in [7, 11) is 0. The van der Waals surface area contributed by atoms with E-state index < -0.39 is 0 Å². The highest BCUT2D eigenvalue weighted by atomic mass is 32.1. The second-order valence-corrected chi connectivity index (χ2v) is 7.30. The van der Waals surface area contributed by atoms with E-state index >= 15 is 0 Å². The summed E-state index contributed by atoms with van der Waals surface area (Å²) < 4.78 is 14.8. The van der Waals surface area contributed by atoms with Crippen LogP contribution >= 0.6 is 11.3 Å². The van der Waals surface area contributed by atoms with Gasteiger partial charge in [0.1, 0.15) is 5.82 Å². The minimum absolute atomic E-state index is 0.285. The van der Waals surface area contributed by atoms with Crippen LogP contribution in [-0.2, 0) is 0 Å². The number of H-pyrrole nitrogens is 1. The van der Waals surface area contributed by atoms with Gasteiger partial charge in [-0.2, -0.15) is 5.10 Å². The first-order valence-electron chi connectivity index (χ1n) is 7.87. The number of nitrogens with one attached hydrogen (secondary N) is 2. The number of thiophene rings is 1. The molecule has 0 bridgehead atoms. The molecule has 5 aromatic rings. The summed E-state index contributed by atoms with van der Waals surface area (Å²) in [5.74, 6) is 0.316. The predicted octanol–water partition coefficient (Wildman–Crippen LogP) is 5.52. The molecule has 2 N–H and O–H groups in total. The summed E-state index contributed by atoms with van der Waals surface area (Å²) in [6.07, 6.45) is 1.77. The van der Waals surface area contributed by atoms with Crippen molar-refractivity contribution >= 4 is 54.7 Å². The molecule has 3 heterocycles. The van der Waals surface area contributed by atoms with Crippen LogP contribution in [-0.4, -0.2) is 15.2 Å². The fraction of sp³-hybridized carbons (Fsp3) is 0.0526. The minimum atomic E-state index is -0.285. The maximum atomic E-state index is 13.6. The number of aromatic amines is 1. The van der Waals surface area contributed by atoms with Gasteiger partial charge in [-0.1, -0.05) is 0 Å². The number of rotatable bonds is 2. The number of pyridine rings is 1. The zero-order chi connectivity index (χ0) is 17.0. The molecule has 2 aromatic carbocycles. The van der Waals surface area contributed by atoms with Crippen LogP contribution in [0, 0.1) is 12.7 Å². The van der Waals surface area contributed by atoms with Crippen LogP contribution in [0.5, 0.6) is 0 Å². The molecule has 0 atom stereocenters. The van der Waals surface area contributed by atoms with Gasteiger partial charge in [-0.3, -0.25) is 10.1 Å². The van der Waals surface area contributed by atoms with Gasteiger partial charge < -0.3 is 5.32 Å². The molecular formula is C19H13FN4S. The summed E-state index contributed by atoms with van der Waals surface area (Å²) in [6, 6.07) is 12.9. The Morgan fingerprint density at radius 3 is 2.92 bits per heavy atom. The molecule has 0 saturated heterocycles. The quantitative estimate of drug-likeness (QED) is 0.442. The topological polar surface area (TPSA) is 53.6 Å². The predicted molar refractivity (Wildman–Crippen MR) is 101 cm³/mol. The Labute approximate surface area is 146 Å². The van der Waals surface area contributed by atoms with Crippen molar-refractivity contribution in [1.29, 1.82) is 0 Å². The summed E-state index contributed by atoms with van der Waals surface area (Å²) in [5, 5.41) is 13.5. The van der Waals surface area contributed by atoms with Crippen LogP contribution < -0.4 is 5.32 Å². The van der Waals surface area contributed by atoms with Crippen molar-refractivity contribution in [1.82, 2.24) is 15.2 Å². The summed E-state index contributed by atoms with van der Waals surface area (Å²) >= 11 is 1.76. The molecule has 4 nitrogen and oxygen atoms in total. The van der Waals surface area contributed by atoms with Crippen LogP contribution in [0.4, 0.5) is 15.9 Å². The number of aromatic nitrogens is 3. The van der Waals surface area contributed by atoms with Crippen molar-refractivity contribution in [2.75, 3.05) is 5.32 Å². The number of benzene rings is 2. The molecular weight excluding hydrogens is 335 g/mol. The van der Waals surface area contributed by atoms with E-state index in [9.17, 15) is 4.39 Å². The highest BCUT2D eigenvalue weighted by molar-refractivity contribution is 7.19. The Kier molecular flexibility index (Phi) is 3.02. The Balaban J connectivity index is 1.68. The third-order valence-corrected chi connectivity index (χ3v) is 5.29. The smallest absolute Gasteiger partial charge is 0.160 e. The summed E-state index contributed by atoms with van der Waals surface area (Å²) in [5.41, 5.74) is 2.61. The molecule has 0 spiro atoms. The summed E-state index contributed by atoms with van der Waals surface area (Å²) in [6.45, 7) is 2.10. The molecule has 0 aliphatic rings. The second-order valence-electron chi connectivity index (χ2n) is 6.01. The first-order chi connectivity index (χ1) is 12.2. The zero-order valence-electron chi connectivity index (χ0n) is 13.3. The van der Waals surface area contributed by atoms with Gasteiger partial charge in [0, 0.05) is 26.5 Å². The van der Waals surface area contributed by atoms with Crippen LogP contribution in [0.3, 0.4) is 0 Å². The number of hydrogen-bond acceptors (Lipinski definition) is 4. The van der Waals surface area contributed by atoms with Crippen molar-refractivity contribution < 1.29 is 4.39 Å². The van der Waals surface area contributed by atoms with Gasteiger partial charge in [0.25, 0.3) is 0 Å². The third-order valence-electron chi connectivity index (χ3n) is 4.28. The normalized spacial score (nSPS) is 11.6. The van der Waals surface area contributed by atoms with Crippen molar-refractivity contribution in [3.63, 3.8) is 0 Å². The zero-order valence-corrected chi connectivity index (χ0v) is 14.1. The molecule has 6 heteroatoms. The number of hydrogen-bond donors (Lipinski definition) is 2. The number of aryl methyl sites for hydroxylation is 1. The van der Waals surface area contributed by atoms with E-state index in [-0.39, 0.29) is 5.82 Å². The van der Waals surface area contributed by atoms with E-state index in [1.807, 2.05) is 6.07 Å². The minimum Gasteiger partial charge on any atom is -0.338 e. The lowest BCUT2D eigenvalue weighted by Crippen LogP contribution is -1.93. The molecule has 25 heavy (non-hydrogen) atoms. The summed E-state index contributed by atoms with van der Waals surface area (Å²) in [4.78, 5) is 5.76. The lowest BCUT2D eigenvalue weighted by molar-refractivity contribution is 0.630. The fourth-order valence-corrected chi connectivity index (χ4v) is 4.08.